The fourth-order valence-electron chi connectivity index (χ4n) is 2.13. The Morgan fingerprint density at radius 3 is 3.13 bits per heavy atom. The Morgan fingerprint density at radius 2 is 2.27 bits per heavy atom. The van der Waals surface area contributed by atoms with Gasteiger partial charge in [-0.1, -0.05) is 0 Å². The SMILES string of the molecule is CNCCCNCc1n[nH]c2c1CCC2. The van der Waals surface area contributed by atoms with E-state index >= 15 is 0 Å². The van der Waals surface area contributed by atoms with Gasteiger partial charge < -0.3 is 10.6 Å². The van der Waals surface area contributed by atoms with Crippen LogP contribution in [0.2, 0.25) is 0 Å². The van der Waals surface area contributed by atoms with E-state index in [9.17, 15) is 0 Å². The summed E-state index contributed by atoms with van der Waals surface area (Å²) in [6.45, 7) is 3.05. The van der Waals surface area contributed by atoms with Crippen LogP contribution in [0.15, 0.2) is 0 Å². The van der Waals surface area contributed by atoms with Crippen molar-refractivity contribution in [3.63, 3.8) is 0 Å². The van der Waals surface area contributed by atoms with Crippen LogP contribution in [0.5, 0.6) is 0 Å². The fraction of sp³-hybridized carbons (Fsp3) is 0.727. The zero-order chi connectivity index (χ0) is 10.5. The highest BCUT2D eigenvalue weighted by atomic mass is 15.1. The van der Waals surface area contributed by atoms with Gasteiger partial charge in [0.1, 0.15) is 0 Å². The highest BCUT2D eigenvalue weighted by Crippen LogP contribution is 2.22. The molecule has 0 saturated carbocycles. The van der Waals surface area contributed by atoms with Gasteiger partial charge in [-0.25, -0.2) is 0 Å². The van der Waals surface area contributed by atoms with Crippen molar-refractivity contribution >= 4 is 0 Å². The Morgan fingerprint density at radius 1 is 1.33 bits per heavy atom. The average molecular weight is 208 g/mol. The number of fused-ring (bicyclic) bond motifs is 1. The molecule has 0 aromatic carbocycles. The largest absolute Gasteiger partial charge is 0.320 e. The van der Waals surface area contributed by atoms with E-state index in [2.05, 4.69) is 20.8 Å². The van der Waals surface area contributed by atoms with Crippen LogP contribution in [0.25, 0.3) is 0 Å². The van der Waals surface area contributed by atoms with Crippen molar-refractivity contribution in [3.05, 3.63) is 17.0 Å². The summed E-state index contributed by atoms with van der Waals surface area (Å²) in [5, 5.41) is 14.1. The molecule has 15 heavy (non-hydrogen) atoms. The molecule has 1 aliphatic rings. The van der Waals surface area contributed by atoms with E-state index < -0.39 is 0 Å². The summed E-state index contributed by atoms with van der Waals surface area (Å²) >= 11 is 0. The first-order chi connectivity index (χ1) is 7.42. The number of nitrogens with one attached hydrogen (secondary N) is 3. The van der Waals surface area contributed by atoms with Gasteiger partial charge in [-0.05, 0) is 51.4 Å². The van der Waals surface area contributed by atoms with Gasteiger partial charge in [0.25, 0.3) is 0 Å². The number of nitrogens with zero attached hydrogens (tertiary/aromatic N) is 1. The highest BCUT2D eigenvalue weighted by molar-refractivity contribution is 5.29. The number of aryl methyl sites for hydroxylation is 1. The monoisotopic (exact) mass is 208 g/mol. The van der Waals surface area contributed by atoms with Crippen LogP contribution in [0, 0.1) is 0 Å². The molecule has 1 aromatic rings. The van der Waals surface area contributed by atoms with Gasteiger partial charge in [0.05, 0.1) is 5.69 Å². The minimum absolute atomic E-state index is 0.912. The first-order valence-electron chi connectivity index (χ1n) is 5.82. The lowest BCUT2D eigenvalue weighted by atomic mass is 10.2. The van der Waals surface area contributed by atoms with E-state index in [1.165, 1.54) is 42.6 Å². The van der Waals surface area contributed by atoms with Gasteiger partial charge in [0.15, 0.2) is 0 Å². The second-order valence-electron chi connectivity index (χ2n) is 4.11. The first kappa shape index (κ1) is 10.6. The van der Waals surface area contributed by atoms with Crippen LogP contribution in [0.4, 0.5) is 0 Å². The third kappa shape index (κ3) is 2.58. The predicted octanol–water partition coefficient (Wildman–Crippen LogP) is 0.597. The standard InChI is InChI=1S/C11H20N4/c1-12-6-3-7-13-8-11-9-4-2-5-10(9)14-15-11/h12-13H,2-8H2,1H3,(H,14,15). The zero-order valence-corrected chi connectivity index (χ0v) is 9.40. The molecule has 4 heteroatoms. The second kappa shape index (κ2) is 5.28. The lowest BCUT2D eigenvalue weighted by Crippen LogP contribution is -2.20. The van der Waals surface area contributed by atoms with Gasteiger partial charge in [0, 0.05) is 12.2 Å². The summed E-state index contributed by atoms with van der Waals surface area (Å²) in [7, 11) is 1.99. The molecule has 2 rings (SSSR count). The molecule has 0 unspecified atom stereocenters. The molecule has 1 aromatic heterocycles. The van der Waals surface area contributed by atoms with Crippen molar-refractivity contribution in [2.75, 3.05) is 20.1 Å². The number of hydrogen-bond donors (Lipinski definition) is 3. The molecular weight excluding hydrogens is 188 g/mol. The Bertz CT molecular complexity index is 306. The number of aromatic amines is 1. The molecule has 0 bridgehead atoms. The van der Waals surface area contributed by atoms with Crippen LogP contribution in [-0.2, 0) is 19.4 Å². The Balaban J connectivity index is 1.74. The number of H-pyrrole nitrogens is 1. The Kier molecular flexibility index (Phi) is 3.75. The fourth-order valence-corrected chi connectivity index (χ4v) is 2.13. The topological polar surface area (TPSA) is 52.7 Å². The lowest BCUT2D eigenvalue weighted by molar-refractivity contribution is 0.615. The average Bonchev–Trinajstić information content (AvgIpc) is 2.81. The van der Waals surface area contributed by atoms with Gasteiger partial charge in [-0.3, -0.25) is 5.10 Å². The van der Waals surface area contributed by atoms with Crippen molar-refractivity contribution in [1.29, 1.82) is 0 Å². The molecule has 84 valence electrons. The molecule has 0 radical (unpaired) electrons. The molecule has 0 amide bonds. The molecule has 0 atom stereocenters. The third-order valence-corrected chi connectivity index (χ3v) is 2.96. The second-order valence-corrected chi connectivity index (χ2v) is 4.11. The van der Waals surface area contributed by atoms with Gasteiger partial charge in [-0.2, -0.15) is 5.10 Å². The Labute approximate surface area is 90.8 Å². The minimum atomic E-state index is 0.912. The van der Waals surface area contributed by atoms with Crippen LogP contribution >= 0.6 is 0 Å². The molecule has 1 heterocycles. The van der Waals surface area contributed by atoms with E-state index in [1.807, 2.05) is 7.05 Å². The van der Waals surface area contributed by atoms with Crippen molar-refractivity contribution in [2.24, 2.45) is 0 Å². The van der Waals surface area contributed by atoms with Crippen LogP contribution in [0.3, 0.4) is 0 Å². The highest BCUT2D eigenvalue weighted by Gasteiger charge is 2.17. The predicted molar refractivity (Wildman–Crippen MR) is 60.9 cm³/mol. The molecule has 3 N–H and O–H groups in total. The van der Waals surface area contributed by atoms with E-state index in [0.717, 1.165) is 19.6 Å². The molecule has 0 saturated heterocycles. The van der Waals surface area contributed by atoms with E-state index in [0.29, 0.717) is 0 Å². The number of rotatable bonds is 6. The first-order valence-corrected chi connectivity index (χ1v) is 5.82. The van der Waals surface area contributed by atoms with Crippen molar-refractivity contribution < 1.29 is 0 Å². The zero-order valence-electron chi connectivity index (χ0n) is 9.40. The van der Waals surface area contributed by atoms with Gasteiger partial charge >= 0.3 is 0 Å². The van der Waals surface area contributed by atoms with Crippen molar-refractivity contribution in [1.82, 2.24) is 20.8 Å². The summed E-state index contributed by atoms with van der Waals surface area (Å²) in [5.74, 6) is 0. The van der Waals surface area contributed by atoms with Crippen LogP contribution < -0.4 is 10.6 Å². The van der Waals surface area contributed by atoms with E-state index in [-0.39, 0.29) is 0 Å². The Hall–Kier alpha value is -0.870. The smallest absolute Gasteiger partial charge is 0.0794 e. The van der Waals surface area contributed by atoms with Crippen molar-refractivity contribution in [3.8, 4) is 0 Å². The van der Waals surface area contributed by atoms with Gasteiger partial charge in [0.2, 0.25) is 0 Å². The molecule has 0 fully saturated rings. The number of aromatic nitrogens is 2. The summed E-state index contributed by atoms with van der Waals surface area (Å²) in [4.78, 5) is 0. The van der Waals surface area contributed by atoms with E-state index in [1.54, 1.807) is 0 Å². The summed E-state index contributed by atoms with van der Waals surface area (Å²) in [6, 6.07) is 0. The lowest BCUT2D eigenvalue weighted by Gasteiger charge is -2.03. The van der Waals surface area contributed by atoms with Crippen LogP contribution in [0.1, 0.15) is 29.8 Å². The maximum atomic E-state index is 4.35. The van der Waals surface area contributed by atoms with Crippen LogP contribution in [-0.4, -0.2) is 30.3 Å². The minimum Gasteiger partial charge on any atom is -0.320 e. The molecule has 4 nitrogen and oxygen atoms in total. The maximum absolute atomic E-state index is 4.35. The normalized spacial score (nSPS) is 14.5. The molecule has 0 aliphatic heterocycles. The summed E-state index contributed by atoms with van der Waals surface area (Å²) in [5.41, 5.74) is 4.06. The van der Waals surface area contributed by atoms with Crippen molar-refractivity contribution in [2.45, 2.75) is 32.2 Å². The van der Waals surface area contributed by atoms with Gasteiger partial charge in [-0.15, -0.1) is 0 Å². The third-order valence-electron chi connectivity index (χ3n) is 2.96. The summed E-state index contributed by atoms with van der Waals surface area (Å²) < 4.78 is 0. The molecule has 1 aliphatic carbocycles. The molecular formula is C11H20N4. The maximum Gasteiger partial charge on any atom is 0.0794 e. The molecule has 0 spiro atoms. The number of hydrogen-bond acceptors (Lipinski definition) is 3. The van der Waals surface area contributed by atoms with E-state index in [4.69, 9.17) is 0 Å². The quantitative estimate of drug-likeness (QED) is 0.600. The summed E-state index contributed by atoms with van der Waals surface area (Å²) in [6.07, 6.45) is 4.85.